The van der Waals surface area contributed by atoms with Crippen LogP contribution in [0.3, 0.4) is 0 Å². The molecule has 24 heavy (non-hydrogen) atoms. The quantitative estimate of drug-likeness (QED) is 0.832. The largest absolute Gasteiger partial charge is 0.397 e. The summed E-state index contributed by atoms with van der Waals surface area (Å²) in [6.45, 7) is 5.26. The van der Waals surface area contributed by atoms with Gasteiger partial charge in [0.15, 0.2) is 0 Å². The van der Waals surface area contributed by atoms with Gasteiger partial charge in [-0.15, -0.1) is 0 Å². The number of nitrogens with zero attached hydrogens (tertiary/aromatic N) is 1. The number of nitrogens with one attached hydrogen (secondary N) is 1. The predicted molar refractivity (Wildman–Crippen MR) is 101 cm³/mol. The Labute approximate surface area is 143 Å². The second-order valence-electron chi connectivity index (χ2n) is 6.64. The smallest absolute Gasteiger partial charge is 0.255 e. The fraction of sp³-hybridized carbons (Fsp3) is 0.350. The van der Waals surface area contributed by atoms with E-state index < -0.39 is 0 Å². The third-order valence-corrected chi connectivity index (χ3v) is 4.68. The molecule has 2 aromatic rings. The van der Waals surface area contributed by atoms with E-state index in [-0.39, 0.29) is 5.91 Å². The molecule has 3 rings (SSSR count). The number of benzene rings is 2. The van der Waals surface area contributed by atoms with Gasteiger partial charge in [-0.25, -0.2) is 0 Å². The predicted octanol–water partition coefficient (Wildman–Crippen LogP) is 4.21. The first kappa shape index (κ1) is 16.4. The van der Waals surface area contributed by atoms with Crippen molar-refractivity contribution >= 4 is 23.0 Å². The molecule has 0 unspecified atom stereocenters. The number of anilines is 3. The van der Waals surface area contributed by atoms with Crippen LogP contribution in [0.15, 0.2) is 42.5 Å². The number of hydrogen-bond donors (Lipinski definition) is 2. The number of hydrogen-bond acceptors (Lipinski definition) is 3. The van der Waals surface area contributed by atoms with Gasteiger partial charge in [-0.1, -0.05) is 17.7 Å². The highest BCUT2D eigenvalue weighted by molar-refractivity contribution is 6.04. The van der Waals surface area contributed by atoms with Crippen LogP contribution in [0.5, 0.6) is 0 Å². The van der Waals surface area contributed by atoms with Crippen molar-refractivity contribution in [1.29, 1.82) is 0 Å². The molecule has 1 fully saturated rings. The zero-order chi connectivity index (χ0) is 17.1. The van der Waals surface area contributed by atoms with Gasteiger partial charge in [-0.3, -0.25) is 4.79 Å². The second-order valence-corrected chi connectivity index (χ2v) is 6.64. The Balaban J connectivity index is 1.76. The standard InChI is InChI=1S/C20H25N3O/c1-14-6-5-8-16(12-14)20(24)22-17-9-10-19(18(21)13-17)23-11-4-3-7-15(23)2/h5-6,8-10,12-13,15H,3-4,7,11,21H2,1-2H3,(H,22,24)/t15-/m1/s1. The van der Waals surface area contributed by atoms with Gasteiger partial charge in [0, 0.05) is 23.8 Å². The van der Waals surface area contributed by atoms with Gasteiger partial charge < -0.3 is 16.0 Å². The van der Waals surface area contributed by atoms with Crippen LogP contribution in [0.25, 0.3) is 0 Å². The molecule has 0 aromatic heterocycles. The van der Waals surface area contributed by atoms with E-state index in [0.29, 0.717) is 17.3 Å². The zero-order valence-corrected chi connectivity index (χ0v) is 14.4. The van der Waals surface area contributed by atoms with Crippen molar-refractivity contribution in [2.24, 2.45) is 0 Å². The number of carbonyl (C=O) groups is 1. The molecule has 0 radical (unpaired) electrons. The Hall–Kier alpha value is -2.49. The number of amides is 1. The molecule has 0 aliphatic carbocycles. The summed E-state index contributed by atoms with van der Waals surface area (Å²) in [4.78, 5) is 14.7. The molecule has 0 spiro atoms. The lowest BCUT2D eigenvalue weighted by Crippen LogP contribution is -2.37. The maximum Gasteiger partial charge on any atom is 0.255 e. The first-order valence-corrected chi connectivity index (χ1v) is 8.59. The van der Waals surface area contributed by atoms with Crippen LogP contribution in [0.1, 0.15) is 42.1 Å². The highest BCUT2D eigenvalue weighted by Crippen LogP contribution is 2.31. The first-order valence-electron chi connectivity index (χ1n) is 8.59. The SMILES string of the molecule is Cc1cccc(C(=O)Nc2ccc(N3CCCC[C@H]3C)c(N)c2)c1. The molecule has 1 heterocycles. The molecule has 0 bridgehead atoms. The lowest BCUT2D eigenvalue weighted by atomic mass is 10.0. The van der Waals surface area contributed by atoms with Crippen molar-refractivity contribution in [1.82, 2.24) is 0 Å². The molecule has 0 saturated carbocycles. The molecule has 1 aliphatic rings. The lowest BCUT2D eigenvalue weighted by molar-refractivity contribution is 0.102. The number of piperidine rings is 1. The fourth-order valence-electron chi connectivity index (χ4n) is 3.34. The first-order chi connectivity index (χ1) is 11.5. The summed E-state index contributed by atoms with van der Waals surface area (Å²) in [5.74, 6) is -0.114. The van der Waals surface area contributed by atoms with Gasteiger partial charge in [-0.05, 0) is 63.4 Å². The van der Waals surface area contributed by atoms with E-state index >= 15 is 0 Å². The number of aryl methyl sites for hydroxylation is 1. The molecule has 1 amide bonds. The normalized spacial score (nSPS) is 17.6. The van der Waals surface area contributed by atoms with E-state index in [4.69, 9.17) is 5.73 Å². The lowest BCUT2D eigenvalue weighted by Gasteiger charge is -2.36. The minimum absolute atomic E-state index is 0.114. The Bertz CT molecular complexity index is 741. The van der Waals surface area contributed by atoms with Crippen LogP contribution < -0.4 is 16.0 Å². The van der Waals surface area contributed by atoms with Crippen molar-refractivity contribution in [3.63, 3.8) is 0 Å². The van der Waals surface area contributed by atoms with Gasteiger partial charge in [0.1, 0.15) is 0 Å². The van der Waals surface area contributed by atoms with Crippen LogP contribution in [-0.2, 0) is 0 Å². The van der Waals surface area contributed by atoms with Crippen LogP contribution >= 0.6 is 0 Å². The summed E-state index contributed by atoms with van der Waals surface area (Å²) in [6, 6.07) is 13.9. The Morgan fingerprint density at radius 2 is 2.04 bits per heavy atom. The molecule has 4 nitrogen and oxygen atoms in total. The second kappa shape index (κ2) is 6.95. The monoisotopic (exact) mass is 323 g/mol. The van der Waals surface area contributed by atoms with Gasteiger partial charge in [0.05, 0.1) is 11.4 Å². The minimum atomic E-state index is -0.114. The highest BCUT2D eigenvalue weighted by atomic mass is 16.1. The molecule has 4 heteroatoms. The van der Waals surface area contributed by atoms with E-state index in [1.807, 2.05) is 49.4 Å². The van der Waals surface area contributed by atoms with E-state index in [2.05, 4.69) is 17.1 Å². The zero-order valence-electron chi connectivity index (χ0n) is 14.4. The summed E-state index contributed by atoms with van der Waals surface area (Å²) in [5.41, 5.74) is 10.5. The summed E-state index contributed by atoms with van der Waals surface area (Å²) in [7, 11) is 0. The fourth-order valence-corrected chi connectivity index (χ4v) is 3.34. The van der Waals surface area contributed by atoms with Gasteiger partial charge in [0.2, 0.25) is 0 Å². The summed E-state index contributed by atoms with van der Waals surface area (Å²) < 4.78 is 0. The van der Waals surface area contributed by atoms with E-state index in [0.717, 1.165) is 23.5 Å². The summed E-state index contributed by atoms with van der Waals surface area (Å²) in [5, 5.41) is 2.93. The molecule has 1 atom stereocenters. The highest BCUT2D eigenvalue weighted by Gasteiger charge is 2.20. The topological polar surface area (TPSA) is 58.4 Å². The van der Waals surface area contributed by atoms with E-state index in [1.165, 1.54) is 19.3 Å². The van der Waals surface area contributed by atoms with Gasteiger partial charge in [0.25, 0.3) is 5.91 Å². The molecule has 126 valence electrons. The maximum absolute atomic E-state index is 12.4. The average Bonchev–Trinajstić information content (AvgIpc) is 2.56. The van der Waals surface area contributed by atoms with E-state index in [1.54, 1.807) is 0 Å². The van der Waals surface area contributed by atoms with Crippen molar-refractivity contribution in [3.05, 3.63) is 53.6 Å². The molecule has 3 N–H and O–H groups in total. The van der Waals surface area contributed by atoms with Crippen LogP contribution in [0, 0.1) is 6.92 Å². The Kier molecular flexibility index (Phi) is 4.74. The van der Waals surface area contributed by atoms with Gasteiger partial charge >= 0.3 is 0 Å². The number of nitrogens with two attached hydrogens (primary N) is 1. The van der Waals surface area contributed by atoms with Crippen molar-refractivity contribution in [2.45, 2.75) is 39.2 Å². The van der Waals surface area contributed by atoms with Crippen LogP contribution in [0.4, 0.5) is 17.1 Å². The minimum Gasteiger partial charge on any atom is -0.397 e. The number of nitrogen functional groups attached to an aromatic ring is 1. The third kappa shape index (κ3) is 3.53. The average molecular weight is 323 g/mol. The van der Waals surface area contributed by atoms with Crippen LogP contribution in [-0.4, -0.2) is 18.5 Å². The Morgan fingerprint density at radius 1 is 1.21 bits per heavy atom. The Morgan fingerprint density at radius 3 is 2.75 bits per heavy atom. The summed E-state index contributed by atoms with van der Waals surface area (Å²) >= 11 is 0. The molecule has 2 aromatic carbocycles. The third-order valence-electron chi connectivity index (χ3n) is 4.68. The number of rotatable bonds is 3. The van der Waals surface area contributed by atoms with Crippen molar-refractivity contribution in [2.75, 3.05) is 22.5 Å². The van der Waals surface area contributed by atoms with Gasteiger partial charge in [-0.2, -0.15) is 0 Å². The molecular formula is C20H25N3O. The molecular weight excluding hydrogens is 298 g/mol. The summed E-state index contributed by atoms with van der Waals surface area (Å²) in [6.07, 6.45) is 3.68. The molecule has 1 saturated heterocycles. The maximum atomic E-state index is 12.4. The number of carbonyl (C=O) groups excluding carboxylic acids is 1. The van der Waals surface area contributed by atoms with Crippen molar-refractivity contribution in [3.8, 4) is 0 Å². The molecule has 1 aliphatic heterocycles. The van der Waals surface area contributed by atoms with E-state index in [9.17, 15) is 4.79 Å². The van der Waals surface area contributed by atoms with Crippen molar-refractivity contribution < 1.29 is 4.79 Å². The van der Waals surface area contributed by atoms with Crippen LogP contribution in [0.2, 0.25) is 0 Å².